The standard InChI is InChI=1S/C15H24N2O2/c1-3-11(2)14(18)10-17-15(19)9-8-12-6-4-5-7-13(12)16/h4-7,11,14,18H,3,8-10,16H2,1-2H3,(H,17,19). The van der Waals surface area contributed by atoms with Crippen LogP contribution in [0.2, 0.25) is 0 Å². The fourth-order valence-corrected chi connectivity index (χ4v) is 1.79. The molecule has 2 unspecified atom stereocenters. The molecule has 0 aliphatic rings. The molecule has 1 aromatic carbocycles. The Labute approximate surface area is 115 Å². The largest absolute Gasteiger partial charge is 0.399 e. The molecule has 0 heterocycles. The Hall–Kier alpha value is -1.55. The molecule has 0 aromatic heterocycles. The number of carbonyl (C=O) groups is 1. The normalized spacial score (nSPS) is 13.8. The Balaban J connectivity index is 2.31. The summed E-state index contributed by atoms with van der Waals surface area (Å²) in [6, 6.07) is 7.55. The third kappa shape index (κ3) is 5.30. The summed E-state index contributed by atoms with van der Waals surface area (Å²) in [5.41, 5.74) is 7.52. The van der Waals surface area contributed by atoms with E-state index in [1.54, 1.807) is 0 Å². The fraction of sp³-hybridized carbons (Fsp3) is 0.533. The lowest BCUT2D eigenvalue weighted by molar-refractivity contribution is -0.121. The number of hydrogen-bond acceptors (Lipinski definition) is 3. The quantitative estimate of drug-likeness (QED) is 0.656. The van der Waals surface area contributed by atoms with Crippen molar-refractivity contribution in [2.24, 2.45) is 5.92 Å². The number of aliphatic hydroxyl groups is 1. The minimum atomic E-state index is -0.476. The minimum Gasteiger partial charge on any atom is -0.399 e. The highest BCUT2D eigenvalue weighted by Gasteiger charge is 2.13. The van der Waals surface area contributed by atoms with Gasteiger partial charge in [-0.25, -0.2) is 0 Å². The molecule has 106 valence electrons. The van der Waals surface area contributed by atoms with Crippen molar-refractivity contribution >= 4 is 11.6 Å². The molecule has 0 spiro atoms. The molecule has 0 bridgehead atoms. The van der Waals surface area contributed by atoms with Crippen LogP contribution in [0.1, 0.15) is 32.3 Å². The molecule has 4 heteroatoms. The Morgan fingerprint density at radius 1 is 1.42 bits per heavy atom. The number of amides is 1. The van der Waals surface area contributed by atoms with Gasteiger partial charge in [0.25, 0.3) is 0 Å². The highest BCUT2D eigenvalue weighted by Crippen LogP contribution is 2.12. The predicted molar refractivity (Wildman–Crippen MR) is 77.6 cm³/mol. The van der Waals surface area contributed by atoms with E-state index in [0.29, 0.717) is 19.4 Å². The molecule has 0 aliphatic carbocycles. The summed E-state index contributed by atoms with van der Waals surface area (Å²) in [7, 11) is 0. The van der Waals surface area contributed by atoms with Crippen LogP contribution in [0.5, 0.6) is 0 Å². The van der Waals surface area contributed by atoms with Gasteiger partial charge >= 0.3 is 0 Å². The second-order valence-corrected chi connectivity index (χ2v) is 4.96. The van der Waals surface area contributed by atoms with E-state index in [-0.39, 0.29) is 11.8 Å². The molecule has 4 N–H and O–H groups in total. The number of anilines is 1. The number of aliphatic hydroxyl groups excluding tert-OH is 1. The summed E-state index contributed by atoms with van der Waals surface area (Å²) >= 11 is 0. The number of rotatable bonds is 7. The van der Waals surface area contributed by atoms with Gasteiger partial charge in [-0.3, -0.25) is 4.79 Å². The lowest BCUT2D eigenvalue weighted by Crippen LogP contribution is -2.35. The molecular formula is C15H24N2O2. The first-order valence-corrected chi connectivity index (χ1v) is 6.82. The van der Waals surface area contributed by atoms with Gasteiger partial charge in [-0.05, 0) is 24.0 Å². The van der Waals surface area contributed by atoms with Crippen molar-refractivity contribution in [2.75, 3.05) is 12.3 Å². The van der Waals surface area contributed by atoms with Crippen LogP contribution in [0.4, 0.5) is 5.69 Å². The van der Waals surface area contributed by atoms with E-state index in [1.807, 2.05) is 38.1 Å². The van der Waals surface area contributed by atoms with Crippen LogP contribution >= 0.6 is 0 Å². The smallest absolute Gasteiger partial charge is 0.220 e. The van der Waals surface area contributed by atoms with Crippen LogP contribution in [0.25, 0.3) is 0 Å². The molecule has 2 atom stereocenters. The van der Waals surface area contributed by atoms with Gasteiger partial charge in [0.05, 0.1) is 6.10 Å². The fourth-order valence-electron chi connectivity index (χ4n) is 1.79. The van der Waals surface area contributed by atoms with Gasteiger partial charge in [-0.15, -0.1) is 0 Å². The number of para-hydroxylation sites is 1. The van der Waals surface area contributed by atoms with Gasteiger partial charge in [-0.2, -0.15) is 0 Å². The van der Waals surface area contributed by atoms with E-state index in [1.165, 1.54) is 0 Å². The molecule has 1 rings (SSSR count). The first kappa shape index (κ1) is 15.5. The van der Waals surface area contributed by atoms with E-state index >= 15 is 0 Å². The zero-order valence-corrected chi connectivity index (χ0v) is 11.7. The summed E-state index contributed by atoms with van der Waals surface area (Å²) in [6.45, 7) is 4.31. The molecule has 0 saturated carbocycles. The SMILES string of the molecule is CCC(C)C(O)CNC(=O)CCc1ccccc1N. The number of benzene rings is 1. The minimum absolute atomic E-state index is 0.0504. The second-order valence-electron chi connectivity index (χ2n) is 4.96. The molecule has 0 radical (unpaired) electrons. The van der Waals surface area contributed by atoms with E-state index in [0.717, 1.165) is 17.7 Å². The van der Waals surface area contributed by atoms with E-state index in [2.05, 4.69) is 5.32 Å². The van der Waals surface area contributed by atoms with Crippen LogP contribution in [-0.4, -0.2) is 23.7 Å². The van der Waals surface area contributed by atoms with Crippen LogP contribution in [0, 0.1) is 5.92 Å². The van der Waals surface area contributed by atoms with Crippen LogP contribution < -0.4 is 11.1 Å². The number of nitrogens with one attached hydrogen (secondary N) is 1. The average molecular weight is 264 g/mol. The summed E-state index contributed by atoms with van der Waals surface area (Å²) in [4.78, 5) is 11.7. The van der Waals surface area contributed by atoms with Gasteiger partial charge < -0.3 is 16.2 Å². The van der Waals surface area contributed by atoms with Gasteiger partial charge in [0, 0.05) is 18.7 Å². The number of hydrogen-bond donors (Lipinski definition) is 3. The summed E-state index contributed by atoms with van der Waals surface area (Å²) in [5.74, 6) is 0.149. The average Bonchev–Trinajstić information content (AvgIpc) is 2.42. The highest BCUT2D eigenvalue weighted by molar-refractivity contribution is 5.76. The summed E-state index contributed by atoms with van der Waals surface area (Å²) in [6.07, 6.45) is 1.44. The Bertz CT molecular complexity index is 407. The maximum absolute atomic E-state index is 11.7. The maximum atomic E-state index is 11.7. The van der Waals surface area contributed by atoms with E-state index < -0.39 is 6.10 Å². The topological polar surface area (TPSA) is 75.3 Å². The highest BCUT2D eigenvalue weighted by atomic mass is 16.3. The van der Waals surface area contributed by atoms with E-state index in [4.69, 9.17) is 5.73 Å². The first-order chi connectivity index (χ1) is 9.04. The lowest BCUT2D eigenvalue weighted by atomic mass is 10.0. The van der Waals surface area contributed by atoms with Crippen molar-refractivity contribution in [1.29, 1.82) is 0 Å². The summed E-state index contributed by atoms with van der Waals surface area (Å²) < 4.78 is 0. The molecule has 4 nitrogen and oxygen atoms in total. The van der Waals surface area contributed by atoms with Crippen LogP contribution in [0.3, 0.4) is 0 Å². The third-order valence-corrected chi connectivity index (χ3v) is 3.49. The van der Waals surface area contributed by atoms with Crippen LogP contribution in [0.15, 0.2) is 24.3 Å². The lowest BCUT2D eigenvalue weighted by Gasteiger charge is -2.17. The predicted octanol–water partition coefficient (Wildman–Crippen LogP) is 1.72. The van der Waals surface area contributed by atoms with Crippen molar-refractivity contribution in [3.63, 3.8) is 0 Å². The number of carbonyl (C=O) groups excluding carboxylic acids is 1. The maximum Gasteiger partial charge on any atom is 0.220 e. The van der Waals surface area contributed by atoms with Crippen molar-refractivity contribution in [3.8, 4) is 0 Å². The van der Waals surface area contributed by atoms with Gasteiger partial charge in [0.15, 0.2) is 0 Å². The second kappa shape index (κ2) is 7.79. The molecular weight excluding hydrogens is 240 g/mol. The monoisotopic (exact) mass is 264 g/mol. The Kier molecular flexibility index (Phi) is 6.36. The van der Waals surface area contributed by atoms with E-state index in [9.17, 15) is 9.90 Å². The summed E-state index contributed by atoms with van der Waals surface area (Å²) in [5, 5.41) is 12.5. The number of nitrogen functional groups attached to an aromatic ring is 1. The first-order valence-electron chi connectivity index (χ1n) is 6.82. The van der Waals surface area contributed by atoms with Gasteiger partial charge in [0.2, 0.25) is 5.91 Å². The number of aryl methyl sites for hydroxylation is 1. The molecule has 0 saturated heterocycles. The van der Waals surface area contributed by atoms with Crippen molar-refractivity contribution in [2.45, 2.75) is 39.2 Å². The number of nitrogens with two attached hydrogens (primary N) is 1. The molecule has 0 fully saturated rings. The Morgan fingerprint density at radius 3 is 2.74 bits per heavy atom. The van der Waals surface area contributed by atoms with Crippen molar-refractivity contribution < 1.29 is 9.90 Å². The molecule has 0 aliphatic heterocycles. The molecule has 1 amide bonds. The van der Waals surface area contributed by atoms with Gasteiger partial charge in [0.1, 0.15) is 0 Å². The van der Waals surface area contributed by atoms with Crippen molar-refractivity contribution in [3.05, 3.63) is 29.8 Å². The van der Waals surface area contributed by atoms with Crippen molar-refractivity contribution in [1.82, 2.24) is 5.32 Å². The van der Waals surface area contributed by atoms with Crippen LogP contribution in [-0.2, 0) is 11.2 Å². The van der Waals surface area contributed by atoms with Gasteiger partial charge in [-0.1, -0.05) is 38.5 Å². The zero-order valence-electron chi connectivity index (χ0n) is 11.7. The zero-order chi connectivity index (χ0) is 14.3. The molecule has 1 aromatic rings. The Morgan fingerprint density at radius 2 is 2.11 bits per heavy atom. The molecule has 19 heavy (non-hydrogen) atoms. The third-order valence-electron chi connectivity index (χ3n) is 3.49.